The molecule has 0 radical (unpaired) electrons. The molecular weight excluding hydrogens is 322 g/mol. The first-order valence-corrected chi connectivity index (χ1v) is 7.44. The summed E-state index contributed by atoms with van der Waals surface area (Å²) < 4.78 is 0.854. The summed E-state index contributed by atoms with van der Waals surface area (Å²) in [7, 11) is 0. The molecule has 5 nitrogen and oxygen atoms in total. The number of hydrogen-bond acceptors (Lipinski definition) is 3. The van der Waals surface area contributed by atoms with Crippen molar-refractivity contribution < 1.29 is 9.59 Å². The maximum Gasteiger partial charge on any atom is 0.227 e. The molecule has 2 amide bonds. The first-order chi connectivity index (χ1) is 9.56. The minimum Gasteiger partial charge on any atom is -0.325 e. The highest BCUT2D eigenvalue weighted by atomic mass is 79.9. The Morgan fingerprint density at radius 2 is 1.90 bits per heavy atom. The Morgan fingerprint density at radius 1 is 1.20 bits per heavy atom. The zero-order valence-electron chi connectivity index (χ0n) is 11.3. The number of halogens is 1. The van der Waals surface area contributed by atoms with Crippen molar-refractivity contribution in [3.8, 4) is 0 Å². The van der Waals surface area contributed by atoms with Crippen LogP contribution in [0.15, 0.2) is 22.7 Å². The second-order valence-electron chi connectivity index (χ2n) is 4.88. The van der Waals surface area contributed by atoms with Crippen molar-refractivity contribution in [3.05, 3.63) is 22.7 Å². The zero-order valence-corrected chi connectivity index (χ0v) is 12.9. The Kier molecular flexibility index (Phi) is 5.14. The molecule has 0 saturated carbocycles. The molecule has 2 rings (SSSR count). The predicted molar refractivity (Wildman–Crippen MR) is 82.7 cm³/mol. The van der Waals surface area contributed by atoms with Crippen LogP contribution >= 0.6 is 15.9 Å². The third-order valence-electron chi connectivity index (χ3n) is 3.26. The first-order valence-electron chi connectivity index (χ1n) is 6.65. The van der Waals surface area contributed by atoms with Crippen LogP contribution in [0, 0.1) is 5.92 Å². The van der Waals surface area contributed by atoms with Gasteiger partial charge in [-0.1, -0.05) is 15.9 Å². The molecule has 1 aliphatic rings. The first kappa shape index (κ1) is 15.0. The molecule has 0 atom stereocenters. The average Bonchev–Trinajstić information content (AvgIpc) is 2.42. The van der Waals surface area contributed by atoms with Crippen LogP contribution < -0.4 is 16.0 Å². The SMILES string of the molecule is CC(=O)Nc1ccc(Br)cc1NC(=O)C1CCNCC1. The van der Waals surface area contributed by atoms with Gasteiger partial charge < -0.3 is 16.0 Å². The molecule has 1 fully saturated rings. The lowest BCUT2D eigenvalue weighted by atomic mass is 9.97. The number of hydrogen-bond donors (Lipinski definition) is 3. The van der Waals surface area contributed by atoms with E-state index in [1.165, 1.54) is 6.92 Å². The summed E-state index contributed by atoms with van der Waals surface area (Å²) in [5, 5.41) is 8.87. The van der Waals surface area contributed by atoms with Gasteiger partial charge in [-0.05, 0) is 44.1 Å². The van der Waals surface area contributed by atoms with Gasteiger partial charge in [0.25, 0.3) is 0 Å². The molecule has 1 aliphatic heterocycles. The van der Waals surface area contributed by atoms with Crippen molar-refractivity contribution in [1.82, 2.24) is 5.32 Å². The lowest BCUT2D eigenvalue weighted by Gasteiger charge is -2.22. The fourth-order valence-corrected chi connectivity index (χ4v) is 2.60. The van der Waals surface area contributed by atoms with Gasteiger partial charge >= 0.3 is 0 Å². The molecule has 0 bridgehead atoms. The predicted octanol–water partition coefficient (Wildman–Crippen LogP) is 2.35. The third-order valence-corrected chi connectivity index (χ3v) is 3.75. The van der Waals surface area contributed by atoms with E-state index >= 15 is 0 Å². The molecule has 1 heterocycles. The molecule has 0 aromatic heterocycles. The van der Waals surface area contributed by atoms with Crippen molar-refractivity contribution in [2.75, 3.05) is 23.7 Å². The Hall–Kier alpha value is -1.40. The molecule has 20 heavy (non-hydrogen) atoms. The van der Waals surface area contributed by atoms with Gasteiger partial charge in [0.15, 0.2) is 0 Å². The van der Waals surface area contributed by atoms with Gasteiger partial charge in [0.2, 0.25) is 11.8 Å². The van der Waals surface area contributed by atoms with Crippen LogP contribution in [0.1, 0.15) is 19.8 Å². The van der Waals surface area contributed by atoms with Crippen LogP contribution in [-0.4, -0.2) is 24.9 Å². The van der Waals surface area contributed by atoms with Crippen LogP contribution in [0.3, 0.4) is 0 Å². The maximum absolute atomic E-state index is 12.2. The highest BCUT2D eigenvalue weighted by Crippen LogP contribution is 2.27. The van der Waals surface area contributed by atoms with Crippen LogP contribution in [0.4, 0.5) is 11.4 Å². The summed E-state index contributed by atoms with van der Waals surface area (Å²) in [6.45, 7) is 3.19. The van der Waals surface area contributed by atoms with Crippen LogP contribution in [0.5, 0.6) is 0 Å². The van der Waals surface area contributed by atoms with Crippen molar-refractivity contribution in [2.45, 2.75) is 19.8 Å². The molecule has 3 N–H and O–H groups in total. The molecule has 0 spiro atoms. The smallest absolute Gasteiger partial charge is 0.227 e. The van der Waals surface area contributed by atoms with Crippen molar-refractivity contribution in [1.29, 1.82) is 0 Å². The van der Waals surface area contributed by atoms with Crippen LogP contribution in [-0.2, 0) is 9.59 Å². The number of nitrogens with one attached hydrogen (secondary N) is 3. The minimum absolute atomic E-state index is 0.0104. The molecule has 0 unspecified atom stereocenters. The number of rotatable bonds is 3. The Balaban J connectivity index is 2.12. The molecule has 0 aliphatic carbocycles. The van der Waals surface area contributed by atoms with E-state index in [1.807, 2.05) is 6.07 Å². The van der Waals surface area contributed by atoms with E-state index in [9.17, 15) is 9.59 Å². The highest BCUT2D eigenvalue weighted by Gasteiger charge is 2.21. The number of anilines is 2. The van der Waals surface area contributed by atoms with Gasteiger partial charge in [-0.3, -0.25) is 9.59 Å². The quantitative estimate of drug-likeness (QED) is 0.791. The topological polar surface area (TPSA) is 70.2 Å². The Labute approximate surface area is 126 Å². The fraction of sp³-hybridized carbons (Fsp3) is 0.429. The number of amides is 2. The zero-order chi connectivity index (χ0) is 14.5. The fourth-order valence-electron chi connectivity index (χ4n) is 2.24. The molecule has 6 heteroatoms. The van der Waals surface area contributed by atoms with Gasteiger partial charge in [-0.2, -0.15) is 0 Å². The van der Waals surface area contributed by atoms with Gasteiger partial charge in [0, 0.05) is 17.3 Å². The highest BCUT2D eigenvalue weighted by molar-refractivity contribution is 9.10. The number of benzene rings is 1. The van der Waals surface area contributed by atoms with E-state index in [2.05, 4.69) is 31.9 Å². The second kappa shape index (κ2) is 6.85. The largest absolute Gasteiger partial charge is 0.325 e. The molecule has 1 saturated heterocycles. The van der Waals surface area contributed by atoms with E-state index in [4.69, 9.17) is 0 Å². The van der Waals surface area contributed by atoms with Gasteiger partial charge in [-0.15, -0.1) is 0 Å². The van der Waals surface area contributed by atoms with E-state index in [0.29, 0.717) is 11.4 Å². The van der Waals surface area contributed by atoms with Crippen molar-refractivity contribution >= 4 is 39.1 Å². The molecule has 1 aromatic carbocycles. The lowest BCUT2D eigenvalue weighted by molar-refractivity contribution is -0.120. The van der Waals surface area contributed by atoms with Crippen molar-refractivity contribution in [2.24, 2.45) is 5.92 Å². The second-order valence-corrected chi connectivity index (χ2v) is 5.80. The summed E-state index contributed by atoms with van der Waals surface area (Å²) >= 11 is 3.37. The Morgan fingerprint density at radius 3 is 2.55 bits per heavy atom. The maximum atomic E-state index is 12.2. The third kappa shape index (κ3) is 4.05. The van der Waals surface area contributed by atoms with E-state index in [-0.39, 0.29) is 17.7 Å². The molecule has 108 valence electrons. The van der Waals surface area contributed by atoms with Crippen molar-refractivity contribution in [3.63, 3.8) is 0 Å². The van der Waals surface area contributed by atoms with E-state index < -0.39 is 0 Å². The number of carbonyl (C=O) groups excluding carboxylic acids is 2. The summed E-state index contributed by atoms with van der Waals surface area (Å²) in [6.07, 6.45) is 1.69. The van der Waals surface area contributed by atoms with Gasteiger partial charge in [-0.25, -0.2) is 0 Å². The standard InChI is InChI=1S/C14H18BrN3O2/c1-9(19)17-12-3-2-11(15)8-13(12)18-14(20)10-4-6-16-7-5-10/h2-3,8,10,16H,4-7H2,1H3,(H,17,19)(H,18,20). The summed E-state index contributed by atoms with van der Waals surface area (Å²) in [4.78, 5) is 23.4. The van der Waals surface area contributed by atoms with Crippen LogP contribution in [0.25, 0.3) is 0 Å². The average molecular weight is 340 g/mol. The van der Waals surface area contributed by atoms with Gasteiger partial charge in [0.05, 0.1) is 11.4 Å². The normalized spacial score (nSPS) is 15.7. The van der Waals surface area contributed by atoms with Gasteiger partial charge in [0.1, 0.15) is 0 Å². The lowest BCUT2D eigenvalue weighted by Crippen LogP contribution is -2.34. The van der Waals surface area contributed by atoms with Crippen LogP contribution in [0.2, 0.25) is 0 Å². The van der Waals surface area contributed by atoms with E-state index in [0.717, 1.165) is 30.4 Å². The Bertz CT molecular complexity index is 513. The number of carbonyl (C=O) groups is 2. The summed E-state index contributed by atoms with van der Waals surface area (Å²) in [6, 6.07) is 5.39. The molecule has 1 aromatic rings. The minimum atomic E-state index is -0.162. The summed E-state index contributed by atoms with van der Waals surface area (Å²) in [5.41, 5.74) is 1.24. The molecular formula is C14H18BrN3O2. The number of piperidine rings is 1. The monoisotopic (exact) mass is 339 g/mol. The summed E-state index contributed by atoms with van der Waals surface area (Å²) in [5.74, 6) is -0.124. The van der Waals surface area contributed by atoms with E-state index in [1.54, 1.807) is 12.1 Å².